The third-order valence-electron chi connectivity index (χ3n) is 3.89. The molecule has 0 aromatic carbocycles. The van der Waals surface area contributed by atoms with Gasteiger partial charge in [0.15, 0.2) is 0 Å². The summed E-state index contributed by atoms with van der Waals surface area (Å²) in [7, 11) is -2.97. The maximum atomic E-state index is 12.1. The summed E-state index contributed by atoms with van der Waals surface area (Å²) in [6.45, 7) is 11.8. The van der Waals surface area contributed by atoms with Crippen LogP contribution in [0.25, 0.3) is 0 Å². The SMILES string of the molecule is CCCCCCCCOC(=O)NC(CC)[Si](OCC)(OCC)OCC. The van der Waals surface area contributed by atoms with Crippen LogP contribution >= 0.6 is 0 Å². The molecule has 1 atom stereocenters. The van der Waals surface area contributed by atoms with Gasteiger partial charge in [-0.15, -0.1) is 0 Å². The largest absolute Gasteiger partial charge is 0.524 e. The number of rotatable bonds is 16. The van der Waals surface area contributed by atoms with E-state index in [0.717, 1.165) is 12.8 Å². The van der Waals surface area contributed by atoms with Gasteiger partial charge in [-0.1, -0.05) is 46.0 Å². The number of carbonyl (C=O) groups is 1. The number of hydrogen-bond donors (Lipinski definition) is 1. The molecule has 0 aromatic heterocycles. The third kappa shape index (κ3) is 10.2. The molecule has 0 fully saturated rings. The van der Waals surface area contributed by atoms with Crippen LogP contribution in [0.4, 0.5) is 4.79 Å². The Bertz CT molecular complexity index is 314. The van der Waals surface area contributed by atoms with Crippen molar-refractivity contribution < 1.29 is 22.8 Å². The Morgan fingerprint density at radius 1 is 0.840 bits per heavy atom. The third-order valence-corrected chi connectivity index (χ3v) is 7.37. The van der Waals surface area contributed by atoms with Crippen molar-refractivity contribution in [1.29, 1.82) is 0 Å². The van der Waals surface area contributed by atoms with E-state index in [1.54, 1.807) is 0 Å². The molecule has 0 rings (SSSR count). The highest BCUT2D eigenvalue weighted by atomic mass is 28.4. The smallest absolute Gasteiger partial charge is 0.450 e. The molecule has 0 aliphatic rings. The molecule has 25 heavy (non-hydrogen) atoms. The van der Waals surface area contributed by atoms with E-state index in [1.807, 2.05) is 27.7 Å². The van der Waals surface area contributed by atoms with Crippen molar-refractivity contribution in [2.75, 3.05) is 26.4 Å². The first kappa shape index (κ1) is 24.4. The molecule has 1 unspecified atom stereocenters. The normalized spacial score (nSPS) is 12.8. The summed E-state index contributed by atoms with van der Waals surface area (Å²) < 4.78 is 22.9. The van der Waals surface area contributed by atoms with Crippen molar-refractivity contribution in [3.05, 3.63) is 0 Å². The number of hydrogen-bond acceptors (Lipinski definition) is 5. The lowest BCUT2D eigenvalue weighted by atomic mass is 10.1. The van der Waals surface area contributed by atoms with Gasteiger partial charge in [-0.2, -0.15) is 0 Å². The van der Waals surface area contributed by atoms with E-state index >= 15 is 0 Å². The van der Waals surface area contributed by atoms with Gasteiger partial charge in [0.05, 0.1) is 6.61 Å². The molecule has 0 aromatic rings. The van der Waals surface area contributed by atoms with Crippen LogP contribution in [0.15, 0.2) is 0 Å². The monoisotopic (exact) mass is 377 g/mol. The second kappa shape index (κ2) is 15.6. The van der Waals surface area contributed by atoms with Gasteiger partial charge in [-0.25, -0.2) is 4.79 Å². The van der Waals surface area contributed by atoms with Gasteiger partial charge in [-0.05, 0) is 33.6 Å². The van der Waals surface area contributed by atoms with Crippen molar-refractivity contribution in [2.45, 2.75) is 85.2 Å². The first-order valence-corrected chi connectivity index (χ1v) is 11.7. The summed E-state index contributed by atoms with van der Waals surface area (Å²) in [5.74, 6) is 0. The van der Waals surface area contributed by atoms with E-state index in [4.69, 9.17) is 18.0 Å². The Kier molecular flexibility index (Phi) is 15.2. The van der Waals surface area contributed by atoms with Crippen molar-refractivity contribution in [2.24, 2.45) is 0 Å². The molecule has 150 valence electrons. The number of alkyl carbamates (subject to hydrolysis) is 1. The van der Waals surface area contributed by atoms with Crippen LogP contribution < -0.4 is 5.32 Å². The molecule has 0 heterocycles. The minimum absolute atomic E-state index is 0.301. The average Bonchev–Trinajstić information content (AvgIpc) is 2.59. The van der Waals surface area contributed by atoms with E-state index in [9.17, 15) is 4.79 Å². The molecule has 0 saturated heterocycles. The second-order valence-electron chi connectivity index (χ2n) is 5.91. The molecule has 0 saturated carbocycles. The van der Waals surface area contributed by atoms with Crippen LogP contribution in [0.3, 0.4) is 0 Å². The summed E-state index contributed by atoms with van der Waals surface area (Å²) in [5.41, 5.74) is -0.301. The Hall–Kier alpha value is -0.633. The zero-order valence-corrected chi connectivity index (χ0v) is 17.9. The molecule has 0 spiro atoms. The fourth-order valence-electron chi connectivity index (χ4n) is 2.70. The minimum atomic E-state index is -2.97. The molecule has 0 radical (unpaired) electrons. The van der Waals surface area contributed by atoms with E-state index in [-0.39, 0.29) is 5.67 Å². The fourth-order valence-corrected chi connectivity index (χ4v) is 5.56. The molecular formula is C18H39NO5Si. The average molecular weight is 378 g/mol. The first-order valence-electron chi connectivity index (χ1n) is 9.95. The highest BCUT2D eigenvalue weighted by Crippen LogP contribution is 2.18. The van der Waals surface area contributed by atoms with Crippen LogP contribution in [0, 0.1) is 0 Å². The van der Waals surface area contributed by atoms with Gasteiger partial charge in [0.25, 0.3) is 0 Å². The Morgan fingerprint density at radius 3 is 1.84 bits per heavy atom. The number of carbonyl (C=O) groups excluding carboxylic acids is 1. The number of nitrogens with one attached hydrogen (secondary N) is 1. The van der Waals surface area contributed by atoms with Gasteiger partial charge in [0.2, 0.25) is 0 Å². The van der Waals surface area contributed by atoms with Crippen molar-refractivity contribution >= 4 is 14.9 Å². The molecule has 1 N–H and O–H groups in total. The van der Waals surface area contributed by atoms with Gasteiger partial charge in [-0.3, -0.25) is 0 Å². The molecule has 7 heteroatoms. The second-order valence-corrected chi connectivity index (χ2v) is 8.68. The molecule has 1 amide bonds. The van der Waals surface area contributed by atoms with Crippen LogP contribution in [0.2, 0.25) is 0 Å². The van der Waals surface area contributed by atoms with Crippen LogP contribution in [0.1, 0.15) is 79.6 Å². The Morgan fingerprint density at radius 2 is 1.36 bits per heavy atom. The zero-order chi connectivity index (χ0) is 19.0. The number of ether oxygens (including phenoxy) is 1. The van der Waals surface area contributed by atoms with Crippen molar-refractivity contribution in [1.82, 2.24) is 5.32 Å². The topological polar surface area (TPSA) is 66.0 Å². The Balaban J connectivity index is 4.42. The number of amides is 1. The standard InChI is InChI=1S/C18H39NO5Si/c1-6-11-12-13-14-15-16-21-18(20)19-17(7-2)25(22-8-3,23-9-4)24-10-5/h17H,6-16H2,1-5H3,(H,19,20). The lowest BCUT2D eigenvalue weighted by Crippen LogP contribution is -2.62. The summed E-state index contributed by atoms with van der Waals surface area (Å²) in [4.78, 5) is 12.1. The summed E-state index contributed by atoms with van der Waals surface area (Å²) in [6, 6.07) is 0. The maximum absolute atomic E-state index is 12.1. The molecule has 0 aliphatic heterocycles. The predicted molar refractivity (Wildman–Crippen MR) is 103 cm³/mol. The lowest BCUT2D eigenvalue weighted by Gasteiger charge is -2.34. The van der Waals surface area contributed by atoms with Gasteiger partial charge in [0, 0.05) is 19.8 Å². The van der Waals surface area contributed by atoms with Crippen LogP contribution in [-0.4, -0.2) is 47.0 Å². The summed E-state index contributed by atoms with van der Waals surface area (Å²) in [5, 5.41) is 2.90. The minimum Gasteiger partial charge on any atom is -0.450 e. The van der Waals surface area contributed by atoms with Crippen molar-refractivity contribution in [3.8, 4) is 0 Å². The highest BCUT2D eigenvalue weighted by Gasteiger charge is 2.49. The first-order chi connectivity index (χ1) is 12.1. The van der Waals surface area contributed by atoms with E-state index in [1.165, 1.54) is 25.7 Å². The molecule has 0 aliphatic carbocycles. The van der Waals surface area contributed by atoms with Crippen LogP contribution in [-0.2, 0) is 18.0 Å². The highest BCUT2D eigenvalue weighted by molar-refractivity contribution is 6.62. The van der Waals surface area contributed by atoms with E-state index in [2.05, 4.69) is 12.2 Å². The molecule has 0 bridgehead atoms. The lowest BCUT2D eigenvalue weighted by molar-refractivity contribution is 0.0553. The maximum Gasteiger partial charge on any atom is 0.524 e. The van der Waals surface area contributed by atoms with Crippen LogP contribution in [0.5, 0.6) is 0 Å². The van der Waals surface area contributed by atoms with Crippen molar-refractivity contribution in [3.63, 3.8) is 0 Å². The zero-order valence-electron chi connectivity index (χ0n) is 16.9. The fraction of sp³-hybridized carbons (Fsp3) is 0.944. The predicted octanol–water partition coefficient (Wildman–Crippen LogP) is 4.44. The Labute approximate surface area is 155 Å². The number of unbranched alkanes of at least 4 members (excludes halogenated alkanes) is 5. The summed E-state index contributed by atoms with van der Waals surface area (Å²) >= 11 is 0. The van der Waals surface area contributed by atoms with E-state index in [0.29, 0.717) is 32.8 Å². The van der Waals surface area contributed by atoms with Gasteiger partial charge >= 0.3 is 14.9 Å². The quantitative estimate of drug-likeness (QED) is 0.318. The van der Waals surface area contributed by atoms with Gasteiger partial charge < -0.3 is 23.3 Å². The van der Waals surface area contributed by atoms with E-state index < -0.39 is 14.9 Å². The molecule has 6 nitrogen and oxygen atoms in total. The van der Waals surface area contributed by atoms with Gasteiger partial charge in [0.1, 0.15) is 5.67 Å². The summed E-state index contributed by atoms with van der Waals surface area (Å²) in [6.07, 6.45) is 7.21. The molecular weight excluding hydrogens is 338 g/mol.